The summed E-state index contributed by atoms with van der Waals surface area (Å²) in [7, 11) is 0. The second-order valence-corrected chi connectivity index (χ2v) is 6.41. The Kier molecular flexibility index (Phi) is 6.39. The highest BCUT2D eigenvalue weighted by Gasteiger charge is 2.15. The topological polar surface area (TPSA) is 62.7 Å². The highest BCUT2D eigenvalue weighted by molar-refractivity contribution is 5.87. The number of fused-ring (bicyclic) bond motifs is 1. The van der Waals surface area contributed by atoms with Crippen LogP contribution in [0.5, 0.6) is 5.75 Å². The number of carbonyl (C=O) groups is 1. The Hall–Kier alpha value is -2.92. The van der Waals surface area contributed by atoms with Crippen LogP contribution in [0, 0.1) is 0 Å². The number of benzene rings is 2. The van der Waals surface area contributed by atoms with Crippen LogP contribution in [-0.4, -0.2) is 34.1 Å². The first kappa shape index (κ1) is 18.9. The van der Waals surface area contributed by atoms with Gasteiger partial charge in [0.15, 0.2) is 0 Å². The van der Waals surface area contributed by atoms with E-state index >= 15 is 0 Å². The molecule has 0 saturated carbocycles. The SMILES string of the molecule is CCOC(=O)CCN(Cc1cccnc1)Cc1c(O)ccc2ccccc12. The molecule has 3 aromatic rings. The van der Waals surface area contributed by atoms with Gasteiger partial charge in [0.25, 0.3) is 0 Å². The summed E-state index contributed by atoms with van der Waals surface area (Å²) in [5.41, 5.74) is 1.92. The first-order chi connectivity index (χ1) is 13.2. The molecule has 3 rings (SSSR count). The van der Waals surface area contributed by atoms with Gasteiger partial charge in [-0.25, -0.2) is 0 Å². The van der Waals surface area contributed by atoms with Gasteiger partial charge in [-0.05, 0) is 35.4 Å². The van der Waals surface area contributed by atoms with Crippen LogP contribution in [0.4, 0.5) is 0 Å². The second kappa shape index (κ2) is 9.14. The van der Waals surface area contributed by atoms with Crippen molar-refractivity contribution in [2.75, 3.05) is 13.2 Å². The van der Waals surface area contributed by atoms with Gasteiger partial charge in [0, 0.05) is 37.6 Å². The van der Waals surface area contributed by atoms with E-state index in [2.05, 4.69) is 9.88 Å². The van der Waals surface area contributed by atoms with Crippen molar-refractivity contribution in [2.24, 2.45) is 0 Å². The third-order valence-electron chi connectivity index (χ3n) is 4.46. The maximum absolute atomic E-state index is 11.8. The van der Waals surface area contributed by atoms with Crippen molar-refractivity contribution in [3.63, 3.8) is 0 Å². The number of hydrogen-bond donors (Lipinski definition) is 1. The minimum absolute atomic E-state index is 0.212. The molecule has 5 nitrogen and oxygen atoms in total. The average Bonchev–Trinajstić information content (AvgIpc) is 2.69. The van der Waals surface area contributed by atoms with Gasteiger partial charge < -0.3 is 9.84 Å². The van der Waals surface area contributed by atoms with Crippen molar-refractivity contribution in [3.8, 4) is 5.75 Å². The lowest BCUT2D eigenvalue weighted by atomic mass is 10.0. The molecule has 0 spiro atoms. The maximum Gasteiger partial charge on any atom is 0.307 e. The predicted molar refractivity (Wildman–Crippen MR) is 105 cm³/mol. The number of nitrogens with zero attached hydrogens (tertiary/aromatic N) is 2. The minimum atomic E-state index is -0.212. The lowest BCUT2D eigenvalue weighted by molar-refractivity contribution is -0.143. The van der Waals surface area contributed by atoms with E-state index < -0.39 is 0 Å². The Balaban J connectivity index is 1.84. The fourth-order valence-electron chi connectivity index (χ4n) is 3.16. The highest BCUT2D eigenvalue weighted by Crippen LogP contribution is 2.28. The number of esters is 1. The molecular formula is C22H24N2O3. The number of carbonyl (C=O) groups excluding carboxylic acids is 1. The standard InChI is InChI=1S/C22H24N2O3/c1-2-27-22(26)11-13-24(15-17-6-5-12-23-14-17)16-20-19-8-4-3-7-18(19)9-10-21(20)25/h3-10,12,14,25H,2,11,13,15-16H2,1H3. The number of phenols is 1. The van der Waals surface area contributed by atoms with Gasteiger partial charge >= 0.3 is 5.97 Å². The van der Waals surface area contributed by atoms with Crippen LogP contribution in [0.1, 0.15) is 24.5 Å². The van der Waals surface area contributed by atoms with E-state index in [0.717, 1.165) is 21.9 Å². The number of rotatable bonds is 8. The third kappa shape index (κ3) is 5.05. The van der Waals surface area contributed by atoms with E-state index in [1.165, 1.54) is 0 Å². The summed E-state index contributed by atoms with van der Waals surface area (Å²) in [5.74, 6) is 0.0526. The third-order valence-corrected chi connectivity index (χ3v) is 4.46. The van der Waals surface area contributed by atoms with E-state index in [9.17, 15) is 9.90 Å². The van der Waals surface area contributed by atoms with Crippen molar-refractivity contribution in [1.82, 2.24) is 9.88 Å². The van der Waals surface area contributed by atoms with Gasteiger partial charge in [-0.15, -0.1) is 0 Å². The molecule has 0 saturated heterocycles. The summed E-state index contributed by atoms with van der Waals surface area (Å²) in [5, 5.41) is 12.6. The summed E-state index contributed by atoms with van der Waals surface area (Å²) < 4.78 is 5.06. The van der Waals surface area contributed by atoms with E-state index in [4.69, 9.17) is 4.74 Å². The van der Waals surface area contributed by atoms with Crippen molar-refractivity contribution in [3.05, 3.63) is 72.1 Å². The van der Waals surface area contributed by atoms with Crippen LogP contribution in [-0.2, 0) is 22.6 Å². The Morgan fingerprint density at radius 2 is 1.96 bits per heavy atom. The Bertz CT molecular complexity index is 896. The monoisotopic (exact) mass is 364 g/mol. The van der Waals surface area contributed by atoms with Crippen LogP contribution in [0.15, 0.2) is 60.9 Å². The summed E-state index contributed by atoms with van der Waals surface area (Å²) in [6, 6.07) is 15.5. The first-order valence-corrected chi connectivity index (χ1v) is 9.14. The highest BCUT2D eigenvalue weighted by atomic mass is 16.5. The molecule has 2 aromatic carbocycles. The van der Waals surface area contributed by atoms with Gasteiger partial charge in [-0.1, -0.05) is 36.4 Å². The van der Waals surface area contributed by atoms with Gasteiger partial charge in [-0.2, -0.15) is 0 Å². The van der Waals surface area contributed by atoms with E-state index in [-0.39, 0.29) is 11.7 Å². The zero-order valence-electron chi connectivity index (χ0n) is 15.5. The average molecular weight is 364 g/mol. The minimum Gasteiger partial charge on any atom is -0.508 e. The van der Waals surface area contributed by atoms with Crippen LogP contribution < -0.4 is 0 Å². The molecule has 0 aliphatic rings. The smallest absolute Gasteiger partial charge is 0.307 e. The zero-order valence-corrected chi connectivity index (χ0v) is 15.5. The molecule has 0 atom stereocenters. The van der Waals surface area contributed by atoms with Gasteiger partial charge in [0.2, 0.25) is 0 Å². The molecule has 0 fully saturated rings. The van der Waals surface area contributed by atoms with E-state index in [1.54, 1.807) is 19.2 Å². The van der Waals surface area contributed by atoms with Gasteiger partial charge in [0.1, 0.15) is 5.75 Å². The Labute approximate surface area is 159 Å². The number of ether oxygens (including phenoxy) is 1. The Morgan fingerprint density at radius 3 is 2.74 bits per heavy atom. The number of aromatic nitrogens is 1. The molecule has 0 amide bonds. The van der Waals surface area contributed by atoms with Crippen LogP contribution >= 0.6 is 0 Å². The molecule has 1 heterocycles. The molecule has 0 bridgehead atoms. The van der Waals surface area contributed by atoms with Crippen molar-refractivity contribution >= 4 is 16.7 Å². The number of aromatic hydroxyl groups is 1. The predicted octanol–water partition coefficient (Wildman–Crippen LogP) is 3.90. The van der Waals surface area contributed by atoms with Crippen LogP contribution in [0.25, 0.3) is 10.8 Å². The number of phenolic OH excluding ortho intramolecular Hbond substituents is 1. The number of hydrogen-bond acceptors (Lipinski definition) is 5. The zero-order chi connectivity index (χ0) is 19.1. The normalized spacial score (nSPS) is 11.0. The quantitative estimate of drug-likeness (QED) is 0.614. The summed E-state index contributed by atoms with van der Waals surface area (Å²) in [6.07, 6.45) is 3.86. The summed E-state index contributed by atoms with van der Waals surface area (Å²) >= 11 is 0. The molecule has 0 unspecified atom stereocenters. The Morgan fingerprint density at radius 1 is 1.11 bits per heavy atom. The van der Waals surface area contributed by atoms with Crippen LogP contribution in [0.3, 0.4) is 0 Å². The molecule has 1 aromatic heterocycles. The molecule has 1 N–H and O–H groups in total. The van der Waals surface area contributed by atoms with Gasteiger partial charge in [-0.3, -0.25) is 14.7 Å². The molecule has 0 radical (unpaired) electrons. The largest absolute Gasteiger partial charge is 0.508 e. The fourth-order valence-corrected chi connectivity index (χ4v) is 3.16. The molecule has 27 heavy (non-hydrogen) atoms. The maximum atomic E-state index is 11.8. The molecule has 0 aliphatic carbocycles. The molecule has 140 valence electrons. The molecular weight excluding hydrogens is 340 g/mol. The van der Waals surface area contributed by atoms with E-state index in [1.807, 2.05) is 48.7 Å². The summed E-state index contributed by atoms with van der Waals surface area (Å²) in [6.45, 7) is 3.89. The van der Waals surface area contributed by atoms with Crippen molar-refractivity contribution < 1.29 is 14.6 Å². The fraction of sp³-hybridized carbons (Fsp3) is 0.273. The lowest BCUT2D eigenvalue weighted by Gasteiger charge is -2.23. The van der Waals surface area contributed by atoms with Gasteiger partial charge in [0.05, 0.1) is 13.0 Å². The molecule has 0 aliphatic heterocycles. The first-order valence-electron chi connectivity index (χ1n) is 9.14. The van der Waals surface area contributed by atoms with Crippen LogP contribution in [0.2, 0.25) is 0 Å². The second-order valence-electron chi connectivity index (χ2n) is 6.41. The van der Waals surface area contributed by atoms with E-state index in [0.29, 0.717) is 32.7 Å². The van der Waals surface area contributed by atoms with Crippen molar-refractivity contribution in [2.45, 2.75) is 26.4 Å². The summed E-state index contributed by atoms with van der Waals surface area (Å²) in [4.78, 5) is 18.1. The van der Waals surface area contributed by atoms with Crippen molar-refractivity contribution in [1.29, 1.82) is 0 Å². The molecule has 5 heteroatoms. The number of pyridine rings is 1. The lowest BCUT2D eigenvalue weighted by Crippen LogP contribution is -2.26.